The Labute approximate surface area is 102 Å². The summed E-state index contributed by atoms with van der Waals surface area (Å²) in [5, 5.41) is 2.72. The van der Waals surface area contributed by atoms with Gasteiger partial charge in [0.15, 0.2) is 17.3 Å². The van der Waals surface area contributed by atoms with E-state index in [1.165, 1.54) is 0 Å². The van der Waals surface area contributed by atoms with Crippen LogP contribution in [0.3, 0.4) is 0 Å². The number of Topliss-reactive ketones (excluding diaryl/α,β-unsaturated/α-hetero) is 1. The molecule has 1 aromatic rings. The van der Waals surface area contributed by atoms with E-state index in [1.807, 2.05) is 0 Å². The zero-order valence-electron chi connectivity index (χ0n) is 9.53. The first-order valence-corrected chi connectivity index (χ1v) is 5.23. The van der Waals surface area contributed by atoms with Crippen LogP contribution in [-0.2, 0) is 0 Å². The van der Waals surface area contributed by atoms with E-state index in [4.69, 9.17) is 25.2 Å². The standard InChI is InChI=1S/C11H11B2NO3/c1-11(13,14-5-12)10(15)7-2-3-8-9(4-7)17-6-16-8/h2-4,14H,5-6H2,1H3/t11-/m0/s1. The van der Waals surface area contributed by atoms with Crippen molar-refractivity contribution in [2.45, 2.75) is 12.4 Å². The predicted octanol–water partition coefficient (Wildman–Crippen LogP) is 0.198. The fraction of sp³-hybridized carbons (Fsp3) is 0.364. The van der Waals surface area contributed by atoms with Gasteiger partial charge in [-0.25, -0.2) is 0 Å². The lowest BCUT2D eigenvalue weighted by Gasteiger charge is -2.25. The molecule has 0 bridgehead atoms. The van der Waals surface area contributed by atoms with Crippen LogP contribution in [-0.4, -0.2) is 40.2 Å². The molecule has 17 heavy (non-hydrogen) atoms. The monoisotopic (exact) mass is 227 g/mol. The van der Waals surface area contributed by atoms with Crippen LogP contribution >= 0.6 is 0 Å². The Morgan fingerprint density at radius 2 is 2.18 bits per heavy atom. The summed E-state index contributed by atoms with van der Waals surface area (Å²) in [7, 11) is 11.2. The lowest BCUT2D eigenvalue weighted by atomic mass is 9.73. The van der Waals surface area contributed by atoms with E-state index in [-0.39, 0.29) is 19.0 Å². The Morgan fingerprint density at radius 1 is 1.47 bits per heavy atom. The number of fused-ring (bicyclic) bond motifs is 1. The molecule has 4 radical (unpaired) electrons. The Bertz CT molecular complexity index is 448. The lowest BCUT2D eigenvalue weighted by molar-refractivity contribution is 0.0930. The van der Waals surface area contributed by atoms with Gasteiger partial charge in [-0.15, -0.1) is 0 Å². The van der Waals surface area contributed by atoms with E-state index in [9.17, 15) is 4.79 Å². The number of benzene rings is 1. The summed E-state index contributed by atoms with van der Waals surface area (Å²) >= 11 is 0. The van der Waals surface area contributed by atoms with Crippen molar-refractivity contribution in [1.82, 2.24) is 5.32 Å². The van der Waals surface area contributed by atoms with Gasteiger partial charge in [-0.05, 0) is 31.6 Å². The van der Waals surface area contributed by atoms with Gasteiger partial charge in [0, 0.05) is 11.0 Å². The topological polar surface area (TPSA) is 47.6 Å². The number of nitrogens with one attached hydrogen (secondary N) is 1. The van der Waals surface area contributed by atoms with Gasteiger partial charge in [-0.1, -0.05) is 0 Å². The third-order valence-electron chi connectivity index (χ3n) is 2.58. The minimum Gasteiger partial charge on any atom is -0.454 e. The average Bonchev–Trinajstić information content (AvgIpc) is 2.74. The molecule has 1 heterocycles. The van der Waals surface area contributed by atoms with Gasteiger partial charge in [-0.2, -0.15) is 0 Å². The van der Waals surface area contributed by atoms with Crippen LogP contribution in [0.15, 0.2) is 18.2 Å². The number of ether oxygens (including phenoxy) is 2. The van der Waals surface area contributed by atoms with Gasteiger partial charge >= 0.3 is 0 Å². The molecule has 0 saturated heterocycles. The number of rotatable bonds is 4. The minimum absolute atomic E-state index is 0.128. The summed E-state index contributed by atoms with van der Waals surface area (Å²) in [5.74, 6) is 0.938. The molecule has 6 heteroatoms. The second-order valence-electron chi connectivity index (χ2n) is 3.98. The number of carbonyl (C=O) groups excluding carboxylic acids is 1. The molecule has 0 aromatic heterocycles. The fourth-order valence-electron chi connectivity index (χ4n) is 1.63. The van der Waals surface area contributed by atoms with Crippen LogP contribution < -0.4 is 14.8 Å². The summed E-state index contributed by atoms with van der Waals surface area (Å²) in [5.41, 5.74) is -0.733. The highest BCUT2D eigenvalue weighted by Gasteiger charge is 2.27. The summed E-state index contributed by atoms with van der Waals surface area (Å²) in [4.78, 5) is 12.1. The van der Waals surface area contributed by atoms with E-state index in [2.05, 4.69) is 5.32 Å². The molecule has 84 valence electrons. The van der Waals surface area contributed by atoms with Gasteiger partial charge in [-0.3, -0.25) is 4.79 Å². The van der Waals surface area contributed by atoms with Crippen LogP contribution in [0.25, 0.3) is 0 Å². The van der Waals surface area contributed by atoms with E-state index in [0.717, 1.165) is 0 Å². The molecule has 2 rings (SSSR count). The number of carbonyl (C=O) groups is 1. The predicted molar refractivity (Wildman–Crippen MR) is 64.8 cm³/mol. The molecule has 0 fully saturated rings. The van der Waals surface area contributed by atoms with Crippen molar-refractivity contribution in [3.8, 4) is 11.5 Å². The van der Waals surface area contributed by atoms with Gasteiger partial charge in [0.1, 0.15) is 7.85 Å². The highest BCUT2D eigenvalue weighted by molar-refractivity contribution is 6.32. The zero-order valence-corrected chi connectivity index (χ0v) is 9.53. The van der Waals surface area contributed by atoms with Crippen molar-refractivity contribution in [1.29, 1.82) is 0 Å². The van der Waals surface area contributed by atoms with Crippen molar-refractivity contribution in [3.05, 3.63) is 23.8 Å². The van der Waals surface area contributed by atoms with E-state index < -0.39 is 5.44 Å². The molecule has 1 aromatic carbocycles. The molecule has 1 aliphatic heterocycles. The summed E-state index contributed by atoms with van der Waals surface area (Å²) in [6.45, 7) is 1.75. The molecular weight excluding hydrogens is 216 g/mol. The van der Waals surface area contributed by atoms with Crippen molar-refractivity contribution in [2.75, 3.05) is 13.2 Å². The van der Waals surface area contributed by atoms with Crippen LogP contribution in [0.5, 0.6) is 11.5 Å². The Hall–Kier alpha value is -1.42. The molecule has 0 amide bonds. The molecule has 0 aliphatic carbocycles. The molecule has 0 unspecified atom stereocenters. The van der Waals surface area contributed by atoms with E-state index in [0.29, 0.717) is 17.1 Å². The Kier molecular flexibility index (Phi) is 3.15. The maximum atomic E-state index is 12.1. The highest BCUT2D eigenvalue weighted by Crippen LogP contribution is 2.33. The second kappa shape index (κ2) is 4.45. The van der Waals surface area contributed by atoms with Crippen molar-refractivity contribution in [2.24, 2.45) is 0 Å². The third kappa shape index (κ3) is 2.31. The molecule has 0 saturated carbocycles. The summed E-state index contributed by atoms with van der Waals surface area (Å²) in [6, 6.07) is 4.96. The fourth-order valence-corrected chi connectivity index (χ4v) is 1.63. The molecule has 1 atom stereocenters. The zero-order chi connectivity index (χ0) is 12.5. The quantitative estimate of drug-likeness (QED) is 0.589. The maximum Gasteiger partial charge on any atom is 0.231 e. The van der Waals surface area contributed by atoms with Gasteiger partial charge < -0.3 is 14.8 Å². The molecule has 1 aliphatic rings. The van der Waals surface area contributed by atoms with Gasteiger partial charge in [0.05, 0.1) is 7.85 Å². The molecule has 0 spiro atoms. The van der Waals surface area contributed by atoms with Crippen LogP contribution in [0, 0.1) is 0 Å². The van der Waals surface area contributed by atoms with Crippen LogP contribution in [0.2, 0.25) is 0 Å². The second-order valence-corrected chi connectivity index (χ2v) is 3.98. The maximum absolute atomic E-state index is 12.1. The van der Waals surface area contributed by atoms with E-state index in [1.54, 1.807) is 25.1 Å². The number of hydrogen-bond acceptors (Lipinski definition) is 4. The van der Waals surface area contributed by atoms with Gasteiger partial charge in [0.2, 0.25) is 6.79 Å². The van der Waals surface area contributed by atoms with E-state index >= 15 is 0 Å². The third-order valence-corrected chi connectivity index (χ3v) is 2.58. The summed E-state index contributed by atoms with van der Waals surface area (Å²) < 4.78 is 10.4. The average molecular weight is 227 g/mol. The first-order valence-electron chi connectivity index (χ1n) is 5.23. The lowest BCUT2D eigenvalue weighted by Crippen LogP contribution is -2.50. The highest BCUT2D eigenvalue weighted by atomic mass is 16.7. The SMILES string of the molecule is [B]CN[C@@]([B])(C)C(=O)c1ccc2c(c1)OCO2. The number of ketones is 1. The van der Waals surface area contributed by atoms with Crippen molar-refractivity contribution in [3.63, 3.8) is 0 Å². The molecule has 4 nitrogen and oxygen atoms in total. The first-order chi connectivity index (χ1) is 8.04. The molecular formula is C11H11B2NO3. The Morgan fingerprint density at radius 3 is 2.88 bits per heavy atom. The van der Waals surface area contributed by atoms with Crippen molar-refractivity contribution >= 4 is 21.5 Å². The number of hydrogen-bond donors (Lipinski definition) is 1. The van der Waals surface area contributed by atoms with Gasteiger partial charge in [0.25, 0.3) is 0 Å². The van der Waals surface area contributed by atoms with Crippen molar-refractivity contribution < 1.29 is 14.3 Å². The minimum atomic E-state index is -1.19. The van der Waals surface area contributed by atoms with Crippen LogP contribution in [0.4, 0.5) is 0 Å². The first kappa shape index (κ1) is 12.0. The summed E-state index contributed by atoms with van der Waals surface area (Å²) in [6.07, 6.45) is 0.128. The molecule has 1 N–H and O–H groups in total. The van der Waals surface area contributed by atoms with Crippen LogP contribution in [0.1, 0.15) is 17.3 Å². The largest absolute Gasteiger partial charge is 0.454 e. The normalized spacial score (nSPS) is 16.5. The Balaban J connectivity index is 2.26. The smallest absolute Gasteiger partial charge is 0.231 e.